The molecule has 5 nitrogen and oxygen atoms in total. The maximum absolute atomic E-state index is 13.5. The molecule has 0 spiro atoms. The molecule has 0 aliphatic rings. The highest BCUT2D eigenvalue weighted by Crippen LogP contribution is 2.28. The molecule has 33 heavy (non-hydrogen) atoms. The van der Waals surface area contributed by atoms with Gasteiger partial charge in [-0.3, -0.25) is 9.10 Å². The van der Waals surface area contributed by atoms with Crippen molar-refractivity contribution in [3.63, 3.8) is 0 Å². The van der Waals surface area contributed by atoms with Crippen LogP contribution in [0.2, 0.25) is 5.02 Å². The molecule has 3 rings (SSSR count). The molecule has 3 aromatic rings. The lowest BCUT2D eigenvalue weighted by Gasteiger charge is -2.25. The van der Waals surface area contributed by atoms with E-state index in [4.69, 9.17) is 11.6 Å². The third-order valence-electron chi connectivity index (χ3n) is 5.61. The molecule has 1 amide bonds. The number of amides is 1. The molecule has 1 atom stereocenters. The molecule has 0 aliphatic heterocycles. The number of sulfonamides is 1. The average Bonchev–Trinajstić information content (AvgIpc) is 2.79. The van der Waals surface area contributed by atoms with E-state index in [1.165, 1.54) is 5.56 Å². The molecule has 174 valence electrons. The first-order valence-corrected chi connectivity index (χ1v) is 12.7. The Labute approximate surface area is 201 Å². The Bertz CT molecular complexity index is 1220. The Balaban J connectivity index is 1.89. The zero-order chi connectivity index (χ0) is 24.2. The number of carbonyl (C=O) groups excluding carboxylic acids is 1. The minimum Gasteiger partial charge on any atom is -0.348 e. The molecule has 0 unspecified atom stereocenters. The van der Waals surface area contributed by atoms with Crippen molar-refractivity contribution < 1.29 is 13.2 Å². The van der Waals surface area contributed by atoms with Crippen LogP contribution in [-0.4, -0.2) is 20.9 Å². The summed E-state index contributed by atoms with van der Waals surface area (Å²) in [5.74, 6) is -0.408. The molecule has 0 aliphatic carbocycles. The molecule has 0 radical (unpaired) electrons. The number of hydrogen-bond acceptors (Lipinski definition) is 3. The number of hydrogen-bond donors (Lipinski definition) is 1. The zero-order valence-electron chi connectivity index (χ0n) is 19.3. The Kier molecular flexibility index (Phi) is 7.82. The van der Waals surface area contributed by atoms with Gasteiger partial charge in [0.25, 0.3) is 10.0 Å². The van der Waals surface area contributed by atoms with Crippen LogP contribution in [0.4, 0.5) is 5.69 Å². The van der Waals surface area contributed by atoms with Gasteiger partial charge in [-0.15, -0.1) is 0 Å². The van der Waals surface area contributed by atoms with E-state index in [1.54, 1.807) is 42.5 Å². The van der Waals surface area contributed by atoms with Crippen LogP contribution in [0.5, 0.6) is 0 Å². The molecule has 0 fully saturated rings. The summed E-state index contributed by atoms with van der Waals surface area (Å²) in [6, 6.07) is 19.3. The van der Waals surface area contributed by atoms with Gasteiger partial charge >= 0.3 is 0 Å². The maximum Gasteiger partial charge on any atom is 0.264 e. The zero-order valence-corrected chi connectivity index (χ0v) is 20.9. The molecule has 0 saturated carbocycles. The Morgan fingerprint density at radius 3 is 2.21 bits per heavy atom. The van der Waals surface area contributed by atoms with E-state index < -0.39 is 15.9 Å². The van der Waals surface area contributed by atoms with Crippen molar-refractivity contribution in [2.45, 2.75) is 45.1 Å². The average molecular weight is 485 g/mol. The van der Waals surface area contributed by atoms with Crippen molar-refractivity contribution in [3.05, 3.63) is 94.0 Å². The standard InChI is InChI=1S/C26H29ClN2O3S/c1-5-21-9-11-22(12-10-21)20(4)28-26(30)17-29(23-13-8-19(3)25(27)16-23)33(31,32)24-14-6-18(2)7-15-24/h6-16,20H,5,17H2,1-4H3,(H,28,30)/t20-/m1/s1. The summed E-state index contributed by atoms with van der Waals surface area (Å²) < 4.78 is 28.1. The van der Waals surface area contributed by atoms with Crippen LogP contribution in [0.15, 0.2) is 71.6 Å². The van der Waals surface area contributed by atoms with Gasteiger partial charge in [0.1, 0.15) is 6.54 Å². The van der Waals surface area contributed by atoms with E-state index >= 15 is 0 Å². The van der Waals surface area contributed by atoms with Crippen molar-refractivity contribution in [2.24, 2.45) is 0 Å². The van der Waals surface area contributed by atoms with E-state index in [0.29, 0.717) is 10.7 Å². The second-order valence-electron chi connectivity index (χ2n) is 8.14. The van der Waals surface area contributed by atoms with Gasteiger partial charge in [0, 0.05) is 5.02 Å². The number of nitrogens with zero attached hydrogens (tertiary/aromatic N) is 1. The van der Waals surface area contributed by atoms with Crippen molar-refractivity contribution in [1.82, 2.24) is 5.32 Å². The van der Waals surface area contributed by atoms with Crippen molar-refractivity contribution in [2.75, 3.05) is 10.8 Å². The number of nitrogens with one attached hydrogen (secondary N) is 1. The van der Waals surface area contributed by atoms with Gasteiger partial charge in [0.15, 0.2) is 0 Å². The van der Waals surface area contributed by atoms with Gasteiger partial charge in [-0.25, -0.2) is 8.42 Å². The summed E-state index contributed by atoms with van der Waals surface area (Å²) in [6.45, 7) is 7.31. The largest absolute Gasteiger partial charge is 0.348 e. The molecule has 0 heterocycles. The van der Waals surface area contributed by atoms with Crippen LogP contribution in [0.1, 0.15) is 42.1 Å². The minimum absolute atomic E-state index is 0.112. The molecule has 0 aromatic heterocycles. The van der Waals surface area contributed by atoms with E-state index in [2.05, 4.69) is 12.2 Å². The SMILES string of the molecule is CCc1ccc([C@@H](C)NC(=O)CN(c2ccc(C)c(Cl)c2)S(=O)(=O)c2ccc(C)cc2)cc1. The summed E-state index contributed by atoms with van der Waals surface area (Å²) in [6.07, 6.45) is 0.936. The summed E-state index contributed by atoms with van der Waals surface area (Å²) in [5, 5.41) is 3.35. The van der Waals surface area contributed by atoms with Gasteiger partial charge in [-0.05, 0) is 68.1 Å². The number of halogens is 1. The number of anilines is 1. The summed E-state index contributed by atoms with van der Waals surface area (Å²) in [7, 11) is -3.99. The first kappa shape index (κ1) is 24.8. The highest BCUT2D eigenvalue weighted by atomic mass is 35.5. The number of rotatable bonds is 8. The van der Waals surface area contributed by atoms with Crippen molar-refractivity contribution in [1.29, 1.82) is 0 Å². The lowest BCUT2D eigenvalue weighted by atomic mass is 10.1. The smallest absolute Gasteiger partial charge is 0.264 e. The number of carbonyl (C=O) groups is 1. The predicted octanol–water partition coefficient (Wildman–Crippen LogP) is 5.59. The summed E-state index contributed by atoms with van der Waals surface area (Å²) >= 11 is 6.28. The lowest BCUT2D eigenvalue weighted by molar-refractivity contribution is -0.120. The predicted molar refractivity (Wildman–Crippen MR) is 134 cm³/mol. The van der Waals surface area contributed by atoms with Crippen LogP contribution in [0.25, 0.3) is 0 Å². The third-order valence-corrected chi connectivity index (χ3v) is 7.80. The molecule has 0 saturated heterocycles. The number of aryl methyl sites for hydroxylation is 3. The van der Waals surface area contributed by atoms with E-state index in [9.17, 15) is 13.2 Å². The Morgan fingerprint density at radius 2 is 1.64 bits per heavy atom. The van der Waals surface area contributed by atoms with Crippen molar-refractivity contribution >= 4 is 33.2 Å². The fourth-order valence-electron chi connectivity index (χ4n) is 3.43. The summed E-state index contributed by atoms with van der Waals surface area (Å²) in [5.41, 5.74) is 4.26. The first-order chi connectivity index (χ1) is 15.6. The fraction of sp³-hybridized carbons (Fsp3) is 0.269. The molecule has 7 heteroatoms. The monoisotopic (exact) mass is 484 g/mol. The third kappa shape index (κ3) is 5.95. The van der Waals surface area contributed by atoms with Crippen LogP contribution < -0.4 is 9.62 Å². The van der Waals surface area contributed by atoms with E-state index in [-0.39, 0.29) is 17.5 Å². The van der Waals surface area contributed by atoms with Gasteiger partial charge in [-0.2, -0.15) is 0 Å². The second-order valence-corrected chi connectivity index (χ2v) is 10.4. The first-order valence-electron chi connectivity index (χ1n) is 10.9. The quantitative estimate of drug-likeness (QED) is 0.453. The molecule has 0 bridgehead atoms. The summed E-state index contributed by atoms with van der Waals surface area (Å²) in [4.78, 5) is 13.1. The maximum atomic E-state index is 13.5. The molecular formula is C26H29ClN2O3S. The molecular weight excluding hydrogens is 456 g/mol. The van der Waals surface area contributed by atoms with Crippen LogP contribution in [-0.2, 0) is 21.2 Å². The molecule has 3 aromatic carbocycles. The van der Waals surface area contributed by atoms with Gasteiger partial charge in [-0.1, -0.05) is 66.6 Å². The Hall–Kier alpha value is -2.83. The number of benzene rings is 3. The normalized spacial score (nSPS) is 12.3. The van der Waals surface area contributed by atoms with Crippen molar-refractivity contribution in [3.8, 4) is 0 Å². The highest BCUT2D eigenvalue weighted by Gasteiger charge is 2.28. The Morgan fingerprint density at radius 1 is 1.00 bits per heavy atom. The van der Waals surface area contributed by atoms with Gasteiger partial charge in [0.05, 0.1) is 16.6 Å². The van der Waals surface area contributed by atoms with E-state index in [0.717, 1.165) is 27.4 Å². The lowest BCUT2D eigenvalue weighted by Crippen LogP contribution is -2.41. The van der Waals surface area contributed by atoms with Gasteiger partial charge in [0.2, 0.25) is 5.91 Å². The molecule has 1 N–H and O–H groups in total. The minimum atomic E-state index is -3.99. The van der Waals surface area contributed by atoms with E-state index in [1.807, 2.05) is 45.0 Å². The van der Waals surface area contributed by atoms with Crippen LogP contribution >= 0.6 is 11.6 Å². The van der Waals surface area contributed by atoms with Gasteiger partial charge < -0.3 is 5.32 Å². The van der Waals surface area contributed by atoms with Crippen LogP contribution in [0.3, 0.4) is 0 Å². The second kappa shape index (κ2) is 10.4. The fourth-order valence-corrected chi connectivity index (χ4v) is 5.02. The highest BCUT2D eigenvalue weighted by molar-refractivity contribution is 7.92. The topological polar surface area (TPSA) is 66.5 Å². The van der Waals surface area contributed by atoms with Crippen LogP contribution in [0, 0.1) is 13.8 Å².